The summed E-state index contributed by atoms with van der Waals surface area (Å²) in [6.07, 6.45) is -0.511. The summed E-state index contributed by atoms with van der Waals surface area (Å²) in [6.45, 7) is 6.27. The fraction of sp³-hybridized carbons (Fsp3) is 0.364. The van der Waals surface area contributed by atoms with Gasteiger partial charge in [-0.1, -0.05) is 61.6 Å². The summed E-state index contributed by atoms with van der Waals surface area (Å²) < 4.78 is 0.674. The molecule has 0 atom stereocenters. The number of aromatic nitrogens is 1. The largest absolute Gasteiger partial charge is 0.506 e. The second-order valence-electron chi connectivity index (χ2n) is 7.91. The van der Waals surface area contributed by atoms with E-state index in [2.05, 4.69) is 36.3 Å². The molecule has 0 bridgehead atoms. The molecule has 0 aliphatic heterocycles. The first kappa shape index (κ1) is 21.9. The van der Waals surface area contributed by atoms with Crippen LogP contribution in [0.1, 0.15) is 25.0 Å². The number of amides is 1. The van der Waals surface area contributed by atoms with Crippen LogP contribution in [-0.2, 0) is 11.8 Å². The average Bonchev–Trinajstić information content (AvgIpc) is 3.11. The van der Waals surface area contributed by atoms with E-state index in [-0.39, 0.29) is 16.0 Å². The Morgan fingerprint density at radius 3 is 2.60 bits per heavy atom. The van der Waals surface area contributed by atoms with Crippen LogP contribution in [0.5, 0.6) is 5.75 Å². The van der Waals surface area contributed by atoms with Crippen molar-refractivity contribution in [2.45, 2.75) is 25.7 Å². The Kier molecular flexibility index (Phi) is 6.79. The molecule has 0 fully saturated rings. The molecule has 0 aliphatic carbocycles. The normalized spacial score (nSPS) is 11.7. The average molecular weight is 430 g/mol. The third-order valence-corrected chi connectivity index (χ3v) is 6.20. The SMILES string of the molecule is CC(C)(CNCCN(CCc1ccc(O)c2[nH]c(=O)sc12)C(=O)O)c1ccccc1. The summed E-state index contributed by atoms with van der Waals surface area (Å²) in [6, 6.07) is 13.5. The van der Waals surface area contributed by atoms with E-state index in [9.17, 15) is 19.8 Å². The number of benzene rings is 2. The van der Waals surface area contributed by atoms with E-state index in [1.54, 1.807) is 6.07 Å². The van der Waals surface area contributed by atoms with Crippen molar-refractivity contribution < 1.29 is 15.0 Å². The number of hydrogen-bond acceptors (Lipinski definition) is 5. The van der Waals surface area contributed by atoms with Crippen molar-refractivity contribution in [3.63, 3.8) is 0 Å². The summed E-state index contributed by atoms with van der Waals surface area (Å²) in [4.78, 5) is 27.0. The fourth-order valence-electron chi connectivity index (χ4n) is 3.43. The maximum atomic E-state index is 11.7. The number of rotatable bonds is 9. The van der Waals surface area contributed by atoms with E-state index >= 15 is 0 Å². The lowest BCUT2D eigenvalue weighted by molar-refractivity contribution is 0.146. The Morgan fingerprint density at radius 1 is 1.17 bits per heavy atom. The molecule has 0 unspecified atom stereocenters. The van der Waals surface area contributed by atoms with Gasteiger partial charge in [0.15, 0.2) is 0 Å². The summed E-state index contributed by atoms with van der Waals surface area (Å²) >= 11 is 1.03. The number of carbonyl (C=O) groups is 1. The maximum absolute atomic E-state index is 11.7. The van der Waals surface area contributed by atoms with Crippen LogP contribution in [0.3, 0.4) is 0 Å². The van der Waals surface area contributed by atoms with Gasteiger partial charge in [-0.25, -0.2) is 4.79 Å². The van der Waals surface area contributed by atoms with Gasteiger partial charge in [0.05, 0.1) is 4.70 Å². The van der Waals surface area contributed by atoms with Crippen molar-refractivity contribution in [3.8, 4) is 5.75 Å². The molecule has 0 saturated heterocycles. The van der Waals surface area contributed by atoms with Crippen molar-refractivity contribution in [3.05, 3.63) is 63.3 Å². The number of phenolic OH excluding ortho intramolecular Hbond substituents is 1. The van der Waals surface area contributed by atoms with Gasteiger partial charge in [-0.15, -0.1) is 0 Å². The van der Waals surface area contributed by atoms with E-state index in [1.807, 2.05) is 18.2 Å². The molecule has 0 aliphatic rings. The number of nitrogens with zero attached hydrogens (tertiary/aromatic N) is 1. The van der Waals surface area contributed by atoms with Gasteiger partial charge in [0.1, 0.15) is 11.3 Å². The number of phenols is 1. The Labute approximate surface area is 179 Å². The topological polar surface area (TPSA) is 106 Å². The molecule has 160 valence electrons. The molecule has 4 N–H and O–H groups in total. The zero-order chi connectivity index (χ0) is 21.7. The van der Waals surface area contributed by atoms with Gasteiger partial charge in [0.25, 0.3) is 0 Å². The minimum Gasteiger partial charge on any atom is -0.506 e. The standard InChI is InChI=1S/C22H27N3O4S/c1-22(2,16-6-4-3-5-7-16)14-23-11-13-25(21(28)29)12-10-15-8-9-17(26)18-19(15)30-20(27)24-18/h3-9,23,26H,10-14H2,1-2H3,(H,24,27)(H,28,29). The molecule has 7 nitrogen and oxygen atoms in total. The number of fused-ring (bicyclic) bond motifs is 1. The van der Waals surface area contributed by atoms with Gasteiger partial charge in [-0.05, 0) is 23.6 Å². The lowest BCUT2D eigenvalue weighted by Gasteiger charge is -2.27. The first-order valence-corrected chi connectivity index (χ1v) is 10.7. The predicted molar refractivity (Wildman–Crippen MR) is 120 cm³/mol. The van der Waals surface area contributed by atoms with Crippen molar-refractivity contribution in [2.75, 3.05) is 26.2 Å². The highest BCUT2D eigenvalue weighted by molar-refractivity contribution is 7.16. The van der Waals surface area contributed by atoms with Crippen LogP contribution in [0.2, 0.25) is 0 Å². The lowest BCUT2D eigenvalue weighted by Crippen LogP contribution is -2.40. The predicted octanol–water partition coefficient (Wildman–Crippen LogP) is 3.39. The van der Waals surface area contributed by atoms with Gasteiger partial charge in [-0.2, -0.15) is 0 Å². The van der Waals surface area contributed by atoms with Gasteiger partial charge in [0.2, 0.25) is 0 Å². The number of carboxylic acid groups (broad SMARTS) is 1. The highest BCUT2D eigenvalue weighted by Gasteiger charge is 2.20. The molecule has 1 aromatic heterocycles. The molecular formula is C22H27N3O4S. The van der Waals surface area contributed by atoms with E-state index in [0.29, 0.717) is 36.3 Å². The molecular weight excluding hydrogens is 402 g/mol. The molecule has 8 heteroatoms. The van der Waals surface area contributed by atoms with Crippen molar-refractivity contribution in [1.82, 2.24) is 15.2 Å². The monoisotopic (exact) mass is 429 g/mol. The van der Waals surface area contributed by atoms with Crippen LogP contribution < -0.4 is 10.2 Å². The van der Waals surface area contributed by atoms with Crippen molar-refractivity contribution in [2.24, 2.45) is 0 Å². The molecule has 2 aromatic carbocycles. The molecule has 0 spiro atoms. The Morgan fingerprint density at radius 2 is 1.90 bits per heavy atom. The lowest BCUT2D eigenvalue weighted by atomic mass is 9.85. The van der Waals surface area contributed by atoms with Gasteiger partial charge in [-0.3, -0.25) is 4.79 Å². The van der Waals surface area contributed by atoms with Crippen LogP contribution in [0, 0.1) is 0 Å². The van der Waals surface area contributed by atoms with Crippen LogP contribution in [-0.4, -0.2) is 52.4 Å². The summed E-state index contributed by atoms with van der Waals surface area (Å²) in [5.74, 6) is 0.0208. The molecule has 30 heavy (non-hydrogen) atoms. The molecule has 0 radical (unpaired) electrons. The second kappa shape index (κ2) is 9.32. The molecule has 1 heterocycles. The van der Waals surface area contributed by atoms with Crippen LogP contribution >= 0.6 is 11.3 Å². The minimum atomic E-state index is -0.976. The van der Waals surface area contributed by atoms with E-state index in [0.717, 1.165) is 23.4 Å². The van der Waals surface area contributed by atoms with Crippen LogP contribution in [0.15, 0.2) is 47.3 Å². The second-order valence-corrected chi connectivity index (χ2v) is 8.89. The maximum Gasteiger partial charge on any atom is 0.407 e. The van der Waals surface area contributed by atoms with E-state index in [1.165, 1.54) is 16.5 Å². The Bertz CT molecular complexity index is 1060. The summed E-state index contributed by atoms with van der Waals surface area (Å²) in [7, 11) is 0. The van der Waals surface area contributed by atoms with Gasteiger partial charge < -0.3 is 25.4 Å². The van der Waals surface area contributed by atoms with Crippen LogP contribution in [0.4, 0.5) is 4.79 Å². The molecule has 0 saturated carbocycles. The van der Waals surface area contributed by atoms with Gasteiger partial charge in [0, 0.05) is 31.6 Å². The molecule has 1 amide bonds. The number of aromatic amines is 1. The zero-order valence-corrected chi connectivity index (χ0v) is 18.0. The highest BCUT2D eigenvalue weighted by atomic mass is 32.1. The third kappa shape index (κ3) is 5.20. The smallest absolute Gasteiger partial charge is 0.407 e. The summed E-state index contributed by atoms with van der Waals surface area (Å²) in [5, 5.41) is 22.8. The van der Waals surface area contributed by atoms with Crippen molar-refractivity contribution >= 4 is 27.6 Å². The first-order chi connectivity index (χ1) is 14.3. The van der Waals surface area contributed by atoms with E-state index < -0.39 is 6.09 Å². The molecule has 3 aromatic rings. The number of thiazole rings is 1. The third-order valence-electron chi connectivity index (χ3n) is 5.24. The number of nitrogens with one attached hydrogen (secondary N) is 2. The Balaban J connectivity index is 1.55. The zero-order valence-electron chi connectivity index (χ0n) is 17.1. The molecule has 3 rings (SSSR count). The number of aromatic hydroxyl groups is 1. The Hall–Kier alpha value is -2.84. The minimum absolute atomic E-state index is 0.0208. The summed E-state index contributed by atoms with van der Waals surface area (Å²) in [5.41, 5.74) is 2.43. The highest BCUT2D eigenvalue weighted by Crippen LogP contribution is 2.28. The van der Waals surface area contributed by atoms with Crippen molar-refractivity contribution in [1.29, 1.82) is 0 Å². The number of hydrogen-bond donors (Lipinski definition) is 4. The van der Waals surface area contributed by atoms with Crippen LogP contribution in [0.25, 0.3) is 10.2 Å². The van der Waals surface area contributed by atoms with Gasteiger partial charge >= 0.3 is 11.0 Å². The first-order valence-electron chi connectivity index (χ1n) is 9.86. The quantitative estimate of drug-likeness (QED) is 0.390. The number of H-pyrrole nitrogens is 1. The fourth-order valence-corrected chi connectivity index (χ4v) is 4.33. The van der Waals surface area contributed by atoms with E-state index in [4.69, 9.17) is 0 Å².